The van der Waals surface area contributed by atoms with E-state index in [2.05, 4.69) is 25.1 Å². The largest absolute Gasteiger partial charge is 0.461 e. The number of benzene rings is 1. The fourth-order valence-corrected chi connectivity index (χ4v) is 8.01. The monoisotopic (exact) mass is 619 g/mol. The number of nitrogen functional groups attached to an aromatic ring is 1. The lowest BCUT2D eigenvalue weighted by Gasteiger charge is -2.34. The highest BCUT2D eigenvalue weighted by atomic mass is 35.5. The van der Waals surface area contributed by atoms with Crippen molar-refractivity contribution in [3.63, 3.8) is 0 Å². The Morgan fingerprint density at radius 3 is 2.63 bits per heavy atom. The van der Waals surface area contributed by atoms with Crippen LogP contribution in [-0.4, -0.2) is 76.4 Å². The Hall–Kier alpha value is -2.96. The highest BCUT2D eigenvalue weighted by Crippen LogP contribution is 2.45. The van der Waals surface area contributed by atoms with E-state index in [9.17, 15) is 13.2 Å². The van der Waals surface area contributed by atoms with E-state index in [1.807, 2.05) is 0 Å². The number of nitrogens with one attached hydrogen (secondary N) is 1. The Morgan fingerprint density at radius 2 is 1.91 bits per heavy atom. The lowest BCUT2D eigenvalue weighted by atomic mass is 9.95. The van der Waals surface area contributed by atoms with E-state index in [-0.39, 0.29) is 57.9 Å². The summed E-state index contributed by atoms with van der Waals surface area (Å²) in [6.07, 6.45) is 3.19. The van der Waals surface area contributed by atoms with Crippen LogP contribution in [0, 0.1) is 12.7 Å². The summed E-state index contributed by atoms with van der Waals surface area (Å²) in [5.41, 5.74) is 4.42. The summed E-state index contributed by atoms with van der Waals surface area (Å²) >= 11 is 6.69. The van der Waals surface area contributed by atoms with Gasteiger partial charge in [-0.15, -0.1) is 0 Å². The molecule has 7 rings (SSSR count). The summed E-state index contributed by atoms with van der Waals surface area (Å²) in [7, 11) is 0. The minimum Gasteiger partial charge on any atom is -0.461 e. The zero-order valence-electron chi connectivity index (χ0n) is 24.1. The molecule has 1 aromatic carbocycles. The highest BCUT2D eigenvalue weighted by molar-refractivity contribution is 6.34. The Labute approximate surface area is 251 Å². The number of hydrogen-bond donors (Lipinski definition) is 2. The van der Waals surface area contributed by atoms with Crippen molar-refractivity contribution in [3.8, 4) is 17.3 Å². The molecule has 0 spiro atoms. The van der Waals surface area contributed by atoms with Gasteiger partial charge < -0.3 is 20.7 Å². The lowest BCUT2D eigenvalue weighted by Crippen LogP contribution is -2.51. The minimum absolute atomic E-state index is 0.0390. The molecule has 43 heavy (non-hydrogen) atoms. The maximum atomic E-state index is 16.7. The summed E-state index contributed by atoms with van der Waals surface area (Å²) in [6.45, 7) is 4.82. The molecule has 0 saturated carbocycles. The number of ether oxygens (including phenoxy) is 1. The summed E-state index contributed by atoms with van der Waals surface area (Å²) in [5, 5.41) is 3.82. The van der Waals surface area contributed by atoms with Crippen LogP contribution >= 0.6 is 11.6 Å². The van der Waals surface area contributed by atoms with E-state index in [4.69, 9.17) is 27.1 Å². The molecule has 4 aliphatic heterocycles. The third kappa shape index (κ3) is 4.95. The average Bonchev–Trinajstić information content (AvgIpc) is 3.56. The topological polar surface area (TPSA) is 92.4 Å². The third-order valence-electron chi connectivity index (χ3n) is 9.50. The fourth-order valence-electron chi connectivity index (χ4n) is 7.73. The predicted octanol–water partition coefficient (Wildman–Crippen LogP) is 5.38. The van der Waals surface area contributed by atoms with Crippen LogP contribution in [-0.2, 0) is 5.92 Å². The van der Waals surface area contributed by atoms with Crippen LogP contribution in [0.2, 0.25) is 5.02 Å². The maximum Gasteiger partial charge on any atom is 0.319 e. The van der Waals surface area contributed by atoms with Gasteiger partial charge in [0.2, 0.25) is 0 Å². The zero-order chi connectivity index (χ0) is 30.3. The lowest BCUT2D eigenvalue weighted by molar-refractivity contribution is 0.0172. The van der Waals surface area contributed by atoms with Crippen molar-refractivity contribution in [2.24, 2.45) is 0 Å². The van der Waals surface area contributed by atoms with Crippen molar-refractivity contribution in [2.75, 3.05) is 43.4 Å². The van der Waals surface area contributed by atoms with E-state index in [1.54, 1.807) is 0 Å². The first-order valence-electron chi connectivity index (χ1n) is 14.8. The van der Waals surface area contributed by atoms with Gasteiger partial charge in [-0.2, -0.15) is 9.97 Å². The van der Waals surface area contributed by atoms with Gasteiger partial charge in [-0.3, -0.25) is 4.90 Å². The van der Waals surface area contributed by atoms with Gasteiger partial charge in [0.25, 0.3) is 5.92 Å². The number of rotatable bonds is 6. The Morgan fingerprint density at radius 1 is 1.16 bits per heavy atom. The number of aromatic nitrogens is 3. The summed E-state index contributed by atoms with van der Waals surface area (Å²) in [5.74, 6) is -3.85. The second-order valence-corrected chi connectivity index (χ2v) is 13.1. The van der Waals surface area contributed by atoms with Gasteiger partial charge in [0.15, 0.2) is 5.82 Å². The molecular formula is C30H34ClF4N7O. The van der Waals surface area contributed by atoms with Crippen LogP contribution in [0.25, 0.3) is 22.2 Å². The molecule has 230 valence electrons. The molecule has 4 aliphatic rings. The molecule has 2 bridgehead atoms. The molecule has 13 heteroatoms. The van der Waals surface area contributed by atoms with Crippen molar-refractivity contribution in [2.45, 2.75) is 75.7 Å². The average molecular weight is 620 g/mol. The smallest absolute Gasteiger partial charge is 0.319 e. The number of anilines is 2. The van der Waals surface area contributed by atoms with Crippen LogP contribution in [0.1, 0.15) is 50.2 Å². The molecule has 6 heterocycles. The standard InChI is InChI=1S/C30H34ClF4N7O/c1-15-8-21(36)38-26(23(15)29(2,34)35)22-20(31)9-19-25(24(22)33)39-28(40-27(19)41-12-17-4-5-18(13-41)37-17)43-14-30-6-3-7-42(30)11-16(32)10-30/h8-9,16-18,37H,3-7,10-14H2,1-2H3,(H2,36,38)/t16-,17?,18?,30+/m1/s1. The van der Waals surface area contributed by atoms with Crippen LogP contribution in [0.4, 0.5) is 29.2 Å². The number of fused-ring (bicyclic) bond motifs is 4. The van der Waals surface area contributed by atoms with Gasteiger partial charge >= 0.3 is 6.01 Å². The number of halogens is 5. The molecule has 3 aromatic rings. The van der Waals surface area contributed by atoms with E-state index in [1.165, 1.54) is 19.1 Å². The SMILES string of the molecule is Cc1cc(N)nc(-c2c(Cl)cc3c(N4CC5CCC(C4)N5)nc(OC[C@@]45CCCN4C[C@H](F)C5)nc3c2F)c1C(C)(F)F. The van der Waals surface area contributed by atoms with Gasteiger partial charge in [-0.05, 0) is 56.8 Å². The number of piperazine rings is 1. The second kappa shape index (κ2) is 10.3. The molecule has 4 atom stereocenters. The Balaban J connectivity index is 1.38. The first kappa shape index (κ1) is 28.8. The number of hydrogen-bond acceptors (Lipinski definition) is 8. The number of pyridine rings is 1. The Kier molecular flexibility index (Phi) is 6.90. The quantitative estimate of drug-likeness (QED) is 0.355. The van der Waals surface area contributed by atoms with Crippen LogP contribution in [0.5, 0.6) is 6.01 Å². The van der Waals surface area contributed by atoms with E-state index < -0.39 is 29.0 Å². The van der Waals surface area contributed by atoms with Crippen molar-refractivity contribution in [1.82, 2.24) is 25.2 Å². The van der Waals surface area contributed by atoms with E-state index in [0.717, 1.165) is 39.2 Å². The fraction of sp³-hybridized carbons (Fsp3) is 0.567. The number of nitrogens with zero attached hydrogens (tertiary/aromatic N) is 5. The molecule has 0 radical (unpaired) electrons. The van der Waals surface area contributed by atoms with Gasteiger partial charge in [0, 0.05) is 50.4 Å². The Bertz CT molecular complexity index is 1590. The van der Waals surface area contributed by atoms with Gasteiger partial charge in [0.1, 0.15) is 29.9 Å². The summed E-state index contributed by atoms with van der Waals surface area (Å²) in [6, 6.07) is 3.30. The van der Waals surface area contributed by atoms with Gasteiger partial charge in [0.05, 0.1) is 27.4 Å². The predicted molar refractivity (Wildman–Crippen MR) is 157 cm³/mol. The number of aryl methyl sites for hydroxylation is 1. The molecule has 2 unspecified atom stereocenters. The van der Waals surface area contributed by atoms with Crippen molar-refractivity contribution < 1.29 is 22.3 Å². The molecule has 0 amide bonds. The molecule has 0 aliphatic carbocycles. The minimum atomic E-state index is -3.35. The zero-order valence-corrected chi connectivity index (χ0v) is 24.8. The highest BCUT2D eigenvalue weighted by Gasteiger charge is 2.49. The second-order valence-electron chi connectivity index (χ2n) is 12.7. The van der Waals surface area contributed by atoms with Gasteiger partial charge in [-0.1, -0.05) is 11.6 Å². The first-order valence-corrected chi connectivity index (χ1v) is 15.2. The maximum absolute atomic E-state index is 16.7. The molecule has 2 aromatic heterocycles. The normalized spacial score (nSPS) is 27.3. The summed E-state index contributed by atoms with van der Waals surface area (Å²) < 4.78 is 67.0. The van der Waals surface area contributed by atoms with E-state index in [0.29, 0.717) is 37.3 Å². The molecule has 3 N–H and O–H groups in total. The van der Waals surface area contributed by atoms with Crippen LogP contribution in [0.15, 0.2) is 12.1 Å². The van der Waals surface area contributed by atoms with Gasteiger partial charge in [-0.25, -0.2) is 22.5 Å². The van der Waals surface area contributed by atoms with E-state index >= 15 is 4.39 Å². The molecular weight excluding hydrogens is 586 g/mol. The molecule has 8 nitrogen and oxygen atoms in total. The van der Waals surface area contributed by atoms with Crippen molar-refractivity contribution in [1.29, 1.82) is 0 Å². The van der Waals surface area contributed by atoms with Crippen molar-refractivity contribution in [3.05, 3.63) is 34.1 Å². The third-order valence-corrected chi connectivity index (χ3v) is 9.80. The first-order chi connectivity index (χ1) is 20.4. The molecule has 4 fully saturated rings. The van der Waals surface area contributed by atoms with Crippen LogP contribution < -0.4 is 20.7 Å². The van der Waals surface area contributed by atoms with Crippen LogP contribution in [0.3, 0.4) is 0 Å². The summed E-state index contributed by atoms with van der Waals surface area (Å²) in [4.78, 5) is 17.5. The van der Waals surface area contributed by atoms with Crippen molar-refractivity contribution >= 4 is 34.1 Å². The molecule has 4 saturated heterocycles. The number of alkyl halides is 3. The number of nitrogens with two attached hydrogens (primary N) is 1.